The van der Waals surface area contributed by atoms with Crippen LogP contribution in [-0.4, -0.2) is 22.1 Å². The van der Waals surface area contributed by atoms with Crippen molar-refractivity contribution < 1.29 is 4.79 Å². The number of aryl methyl sites for hydroxylation is 2. The molecule has 1 atom stereocenters. The van der Waals surface area contributed by atoms with Gasteiger partial charge in [-0.25, -0.2) is 0 Å². The van der Waals surface area contributed by atoms with Gasteiger partial charge in [0.25, 0.3) is 5.91 Å². The zero-order valence-corrected chi connectivity index (χ0v) is 12.1. The summed E-state index contributed by atoms with van der Waals surface area (Å²) in [7, 11) is 0. The first-order valence-electron chi connectivity index (χ1n) is 6.14. The maximum absolute atomic E-state index is 12.1. The van der Waals surface area contributed by atoms with Crippen LogP contribution in [0.15, 0.2) is 12.1 Å². The van der Waals surface area contributed by atoms with Gasteiger partial charge in [-0.3, -0.25) is 9.89 Å². The van der Waals surface area contributed by atoms with Crippen LogP contribution in [0.1, 0.15) is 32.7 Å². The van der Waals surface area contributed by atoms with E-state index in [2.05, 4.69) is 34.6 Å². The van der Waals surface area contributed by atoms with Crippen molar-refractivity contribution in [1.82, 2.24) is 15.5 Å². The van der Waals surface area contributed by atoms with E-state index in [-0.39, 0.29) is 17.8 Å². The summed E-state index contributed by atoms with van der Waals surface area (Å²) in [6.07, 6.45) is 0.820. The SMILES string of the molecule is Cc1ccc(CC(C)NC(=O)c2c(N)n[nH]c2C)s1. The van der Waals surface area contributed by atoms with Gasteiger partial charge in [0.05, 0.1) is 0 Å². The number of nitrogens with two attached hydrogens (primary N) is 1. The highest BCUT2D eigenvalue weighted by Gasteiger charge is 2.18. The van der Waals surface area contributed by atoms with Gasteiger partial charge < -0.3 is 11.1 Å². The van der Waals surface area contributed by atoms with Gasteiger partial charge in [0.1, 0.15) is 5.56 Å². The van der Waals surface area contributed by atoms with Crippen LogP contribution in [0.4, 0.5) is 5.82 Å². The van der Waals surface area contributed by atoms with Crippen LogP contribution in [0.5, 0.6) is 0 Å². The monoisotopic (exact) mass is 278 g/mol. The lowest BCUT2D eigenvalue weighted by molar-refractivity contribution is 0.0940. The summed E-state index contributed by atoms with van der Waals surface area (Å²) in [6.45, 7) is 5.84. The van der Waals surface area contributed by atoms with E-state index in [1.165, 1.54) is 9.75 Å². The van der Waals surface area contributed by atoms with Crippen LogP contribution < -0.4 is 11.1 Å². The molecular weight excluding hydrogens is 260 g/mol. The molecule has 2 aromatic heterocycles. The number of carbonyl (C=O) groups excluding carboxylic acids is 1. The second kappa shape index (κ2) is 5.44. The van der Waals surface area contributed by atoms with Crippen molar-refractivity contribution in [2.24, 2.45) is 0 Å². The Morgan fingerprint density at radius 3 is 2.79 bits per heavy atom. The van der Waals surface area contributed by atoms with E-state index in [9.17, 15) is 4.79 Å². The third kappa shape index (κ3) is 3.14. The number of hydrogen-bond donors (Lipinski definition) is 3. The van der Waals surface area contributed by atoms with Gasteiger partial charge in [0.15, 0.2) is 5.82 Å². The fraction of sp³-hybridized carbons (Fsp3) is 0.385. The third-order valence-corrected chi connectivity index (χ3v) is 3.91. The molecule has 19 heavy (non-hydrogen) atoms. The number of carbonyl (C=O) groups is 1. The molecule has 0 aliphatic heterocycles. The van der Waals surface area contributed by atoms with E-state index in [0.29, 0.717) is 11.3 Å². The number of hydrogen-bond acceptors (Lipinski definition) is 4. The number of thiophene rings is 1. The molecule has 2 rings (SSSR count). The highest BCUT2D eigenvalue weighted by Crippen LogP contribution is 2.17. The summed E-state index contributed by atoms with van der Waals surface area (Å²) in [6, 6.07) is 4.24. The molecule has 0 aliphatic rings. The minimum Gasteiger partial charge on any atom is -0.382 e. The Morgan fingerprint density at radius 2 is 2.26 bits per heavy atom. The molecule has 0 radical (unpaired) electrons. The average molecular weight is 278 g/mol. The first-order valence-corrected chi connectivity index (χ1v) is 6.95. The zero-order valence-electron chi connectivity index (χ0n) is 11.3. The molecule has 0 bridgehead atoms. The third-order valence-electron chi connectivity index (χ3n) is 2.88. The van der Waals surface area contributed by atoms with E-state index >= 15 is 0 Å². The van der Waals surface area contributed by atoms with Crippen molar-refractivity contribution >= 4 is 23.1 Å². The number of amides is 1. The number of rotatable bonds is 4. The van der Waals surface area contributed by atoms with Crippen molar-refractivity contribution in [2.45, 2.75) is 33.2 Å². The first-order chi connectivity index (χ1) is 8.97. The van der Waals surface area contributed by atoms with Crippen LogP contribution in [0, 0.1) is 13.8 Å². The highest BCUT2D eigenvalue weighted by molar-refractivity contribution is 7.11. The molecule has 1 unspecified atom stereocenters. The Morgan fingerprint density at radius 1 is 1.53 bits per heavy atom. The minimum absolute atomic E-state index is 0.0549. The Kier molecular flexibility index (Phi) is 3.90. The summed E-state index contributed by atoms with van der Waals surface area (Å²) in [5.74, 6) is 0.0682. The quantitative estimate of drug-likeness (QED) is 0.800. The summed E-state index contributed by atoms with van der Waals surface area (Å²) < 4.78 is 0. The Balaban J connectivity index is 1.99. The molecule has 0 aliphatic carbocycles. The van der Waals surface area contributed by atoms with Crippen LogP contribution in [0.25, 0.3) is 0 Å². The van der Waals surface area contributed by atoms with E-state index in [1.807, 2.05) is 6.92 Å². The van der Waals surface area contributed by atoms with Crippen LogP contribution in [-0.2, 0) is 6.42 Å². The molecule has 5 nitrogen and oxygen atoms in total. The average Bonchev–Trinajstić information content (AvgIpc) is 2.85. The smallest absolute Gasteiger partial charge is 0.257 e. The van der Waals surface area contributed by atoms with Gasteiger partial charge in [-0.15, -0.1) is 11.3 Å². The van der Waals surface area contributed by atoms with Gasteiger partial charge >= 0.3 is 0 Å². The maximum Gasteiger partial charge on any atom is 0.257 e. The van der Waals surface area contributed by atoms with Crippen molar-refractivity contribution in [3.05, 3.63) is 33.1 Å². The number of nitrogen functional groups attached to an aromatic ring is 1. The van der Waals surface area contributed by atoms with Crippen molar-refractivity contribution in [2.75, 3.05) is 5.73 Å². The van der Waals surface area contributed by atoms with Gasteiger partial charge in [-0.05, 0) is 32.9 Å². The van der Waals surface area contributed by atoms with Crippen molar-refractivity contribution in [3.63, 3.8) is 0 Å². The second-order valence-corrected chi connectivity index (χ2v) is 6.07. The van der Waals surface area contributed by atoms with E-state index in [1.54, 1.807) is 18.3 Å². The van der Waals surface area contributed by atoms with Crippen molar-refractivity contribution in [1.29, 1.82) is 0 Å². The second-order valence-electron chi connectivity index (χ2n) is 4.70. The molecule has 0 aromatic carbocycles. The Bertz CT molecular complexity index is 568. The molecule has 0 spiro atoms. The molecule has 0 saturated heterocycles. The molecule has 2 aromatic rings. The topological polar surface area (TPSA) is 83.8 Å². The largest absolute Gasteiger partial charge is 0.382 e. The number of aromatic nitrogens is 2. The van der Waals surface area contributed by atoms with Gasteiger partial charge in [-0.1, -0.05) is 0 Å². The van der Waals surface area contributed by atoms with Gasteiger partial charge in [-0.2, -0.15) is 5.10 Å². The Hall–Kier alpha value is -1.82. The number of H-pyrrole nitrogens is 1. The van der Waals surface area contributed by atoms with Gasteiger partial charge in [0.2, 0.25) is 0 Å². The lowest BCUT2D eigenvalue weighted by atomic mass is 10.1. The molecule has 4 N–H and O–H groups in total. The van der Waals surface area contributed by atoms with Crippen LogP contribution in [0.3, 0.4) is 0 Å². The molecule has 0 fully saturated rings. The zero-order chi connectivity index (χ0) is 14.0. The fourth-order valence-electron chi connectivity index (χ4n) is 1.98. The number of nitrogens with one attached hydrogen (secondary N) is 2. The number of aromatic amines is 1. The molecule has 6 heteroatoms. The van der Waals surface area contributed by atoms with E-state index < -0.39 is 0 Å². The van der Waals surface area contributed by atoms with Crippen LogP contribution in [0.2, 0.25) is 0 Å². The summed E-state index contributed by atoms with van der Waals surface area (Å²) in [5.41, 5.74) is 6.80. The molecule has 2 heterocycles. The molecule has 102 valence electrons. The number of anilines is 1. The Labute approximate surface area is 116 Å². The maximum atomic E-state index is 12.1. The van der Waals surface area contributed by atoms with E-state index in [0.717, 1.165) is 6.42 Å². The summed E-state index contributed by atoms with van der Waals surface area (Å²) in [4.78, 5) is 14.7. The fourth-order valence-corrected chi connectivity index (χ4v) is 3.00. The lowest BCUT2D eigenvalue weighted by Gasteiger charge is -2.12. The predicted molar refractivity (Wildman–Crippen MR) is 77.4 cm³/mol. The summed E-state index contributed by atoms with van der Waals surface area (Å²) >= 11 is 1.75. The summed E-state index contributed by atoms with van der Waals surface area (Å²) in [5, 5.41) is 9.49. The number of nitrogens with zero attached hydrogens (tertiary/aromatic N) is 1. The highest BCUT2D eigenvalue weighted by atomic mass is 32.1. The standard InChI is InChI=1S/C13H18N4OS/c1-7(6-10-5-4-8(2)19-10)15-13(18)11-9(3)16-17-12(11)14/h4-5,7H,6H2,1-3H3,(H,15,18)(H3,14,16,17). The lowest BCUT2D eigenvalue weighted by Crippen LogP contribution is -2.34. The minimum atomic E-state index is -0.176. The molecular formula is C13H18N4OS. The van der Waals surface area contributed by atoms with Gasteiger partial charge in [0, 0.05) is 27.9 Å². The van der Waals surface area contributed by atoms with Crippen LogP contribution >= 0.6 is 11.3 Å². The first kappa shape index (κ1) is 13.6. The predicted octanol–water partition coefficient (Wildman–Crippen LogP) is 2.03. The molecule has 0 saturated carbocycles. The molecule has 1 amide bonds. The van der Waals surface area contributed by atoms with Crippen molar-refractivity contribution in [3.8, 4) is 0 Å². The normalized spacial score (nSPS) is 12.4. The van der Waals surface area contributed by atoms with E-state index in [4.69, 9.17) is 5.73 Å².